The Morgan fingerprint density at radius 2 is 1.92 bits per heavy atom. The fraction of sp³-hybridized carbons (Fsp3) is 0.273. The van der Waals surface area contributed by atoms with E-state index in [1.165, 1.54) is 0 Å². The summed E-state index contributed by atoms with van der Waals surface area (Å²) in [6, 6.07) is 15.9. The number of hydrogen-bond acceptors (Lipinski definition) is 3. The largest absolute Gasteiger partial charge is 0.493 e. The molecule has 3 aromatic rings. The number of nitrogens with zero attached hydrogens (tertiary/aromatic N) is 1. The van der Waals surface area contributed by atoms with Crippen LogP contribution in [0.5, 0.6) is 5.75 Å². The molecule has 4 nitrogen and oxygen atoms in total. The zero-order chi connectivity index (χ0) is 17.5. The highest BCUT2D eigenvalue weighted by atomic mass is 16.5. The molecule has 0 spiro atoms. The summed E-state index contributed by atoms with van der Waals surface area (Å²) < 4.78 is 5.72. The van der Waals surface area contributed by atoms with Gasteiger partial charge in [0.25, 0.3) is 5.91 Å². The van der Waals surface area contributed by atoms with Crippen LogP contribution in [-0.2, 0) is 12.8 Å². The van der Waals surface area contributed by atoms with Crippen molar-refractivity contribution in [3.8, 4) is 5.75 Å². The summed E-state index contributed by atoms with van der Waals surface area (Å²) >= 11 is 0. The average molecular weight is 344 g/mol. The molecule has 130 valence electrons. The molecule has 0 unspecified atom stereocenters. The van der Waals surface area contributed by atoms with Crippen LogP contribution in [0, 0.1) is 0 Å². The normalized spacial score (nSPS) is 18.1. The van der Waals surface area contributed by atoms with Crippen molar-refractivity contribution in [3.63, 3.8) is 0 Å². The molecule has 1 amide bonds. The third-order valence-electron chi connectivity index (χ3n) is 5.41. The Balaban J connectivity index is 1.56. The Morgan fingerprint density at radius 3 is 2.88 bits per heavy atom. The van der Waals surface area contributed by atoms with Crippen LogP contribution in [0.4, 0.5) is 0 Å². The van der Waals surface area contributed by atoms with Crippen molar-refractivity contribution in [3.05, 3.63) is 70.9 Å². The number of fused-ring (bicyclic) bond motifs is 3. The van der Waals surface area contributed by atoms with Crippen LogP contribution >= 0.6 is 0 Å². The van der Waals surface area contributed by atoms with Gasteiger partial charge in [0.2, 0.25) is 0 Å². The zero-order valence-corrected chi connectivity index (χ0v) is 14.5. The van der Waals surface area contributed by atoms with Gasteiger partial charge >= 0.3 is 0 Å². The fourth-order valence-corrected chi connectivity index (χ4v) is 4.19. The molecule has 1 aliphatic heterocycles. The lowest BCUT2D eigenvalue weighted by molar-refractivity contribution is 0.0925. The number of hydrogen-bond donors (Lipinski definition) is 1. The molecule has 4 heteroatoms. The van der Waals surface area contributed by atoms with Crippen molar-refractivity contribution >= 4 is 16.8 Å². The Hall–Kier alpha value is -2.88. The van der Waals surface area contributed by atoms with Gasteiger partial charge in [0.1, 0.15) is 5.75 Å². The first-order valence-corrected chi connectivity index (χ1v) is 9.24. The Morgan fingerprint density at radius 1 is 1.08 bits per heavy atom. The number of para-hydroxylation sites is 2. The standard InChI is InChI=1S/C22H20N2O2/c25-22(24-19-12-13-26-20-11-4-2-6-14(19)20)21-15-7-1-3-9-17(15)23-18-10-5-8-16(18)21/h1-4,6-7,9,11,19H,5,8,10,12-13H2,(H,24,25)/t19-/m1/s1. The maximum absolute atomic E-state index is 13.3. The first-order valence-electron chi connectivity index (χ1n) is 9.24. The second kappa shape index (κ2) is 6.13. The summed E-state index contributed by atoms with van der Waals surface area (Å²) in [7, 11) is 0. The van der Waals surface area contributed by atoms with E-state index in [4.69, 9.17) is 9.72 Å². The number of pyridine rings is 1. The molecule has 0 radical (unpaired) electrons. The number of carbonyl (C=O) groups is 1. The minimum atomic E-state index is -0.0172. The lowest BCUT2D eigenvalue weighted by Gasteiger charge is -2.27. The summed E-state index contributed by atoms with van der Waals surface area (Å²) in [6.45, 7) is 0.622. The van der Waals surface area contributed by atoms with Gasteiger partial charge in [0.05, 0.1) is 23.7 Å². The second-order valence-corrected chi connectivity index (χ2v) is 6.98. The number of aromatic nitrogens is 1. The SMILES string of the molecule is O=C(N[C@@H]1CCOc2ccccc21)c1c2c(nc3ccccc13)CCC2. The first-order chi connectivity index (χ1) is 12.8. The molecule has 0 saturated carbocycles. The van der Waals surface area contributed by atoms with E-state index >= 15 is 0 Å². The quantitative estimate of drug-likeness (QED) is 0.765. The minimum absolute atomic E-state index is 0.00320. The molecule has 5 rings (SSSR count). The van der Waals surface area contributed by atoms with E-state index in [-0.39, 0.29) is 11.9 Å². The lowest BCUT2D eigenvalue weighted by Crippen LogP contribution is -2.33. The molecule has 0 bridgehead atoms. The van der Waals surface area contributed by atoms with Crippen LogP contribution in [0.1, 0.15) is 46.1 Å². The predicted molar refractivity (Wildman–Crippen MR) is 101 cm³/mol. The lowest BCUT2D eigenvalue weighted by atomic mass is 9.97. The third-order valence-corrected chi connectivity index (χ3v) is 5.41. The predicted octanol–water partition coefficient (Wildman–Crippen LogP) is 3.98. The Kier molecular flexibility index (Phi) is 3.63. The average Bonchev–Trinajstić information content (AvgIpc) is 3.14. The molecular formula is C22H20N2O2. The van der Waals surface area contributed by atoms with Crippen LogP contribution in [0.2, 0.25) is 0 Å². The smallest absolute Gasteiger partial charge is 0.252 e. The molecular weight excluding hydrogens is 324 g/mol. The monoisotopic (exact) mass is 344 g/mol. The van der Waals surface area contributed by atoms with E-state index in [9.17, 15) is 4.79 Å². The van der Waals surface area contributed by atoms with Gasteiger partial charge in [0.15, 0.2) is 0 Å². The second-order valence-electron chi connectivity index (χ2n) is 6.98. The van der Waals surface area contributed by atoms with Crippen molar-refractivity contribution < 1.29 is 9.53 Å². The van der Waals surface area contributed by atoms with Gasteiger partial charge in [-0.2, -0.15) is 0 Å². The summed E-state index contributed by atoms with van der Waals surface area (Å²) in [4.78, 5) is 18.1. The Bertz CT molecular complexity index is 1010. The zero-order valence-electron chi connectivity index (χ0n) is 14.5. The van der Waals surface area contributed by atoms with Gasteiger partial charge < -0.3 is 10.1 Å². The molecule has 1 aliphatic carbocycles. The van der Waals surface area contributed by atoms with E-state index in [1.54, 1.807) is 0 Å². The maximum Gasteiger partial charge on any atom is 0.252 e. The molecule has 2 aliphatic rings. The summed E-state index contributed by atoms with van der Waals surface area (Å²) in [6.07, 6.45) is 3.74. The molecule has 0 saturated heterocycles. The van der Waals surface area contributed by atoms with Crippen molar-refractivity contribution in [2.75, 3.05) is 6.61 Å². The van der Waals surface area contributed by atoms with E-state index in [0.29, 0.717) is 6.61 Å². The van der Waals surface area contributed by atoms with Gasteiger partial charge in [-0.25, -0.2) is 0 Å². The fourth-order valence-electron chi connectivity index (χ4n) is 4.19. The maximum atomic E-state index is 13.3. The molecule has 2 heterocycles. The number of aryl methyl sites for hydroxylation is 1. The van der Waals surface area contributed by atoms with Gasteiger partial charge in [0, 0.05) is 23.1 Å². The topological polar surface area (TPSA) is 51.2 Å². The van der Waals surface area contributed by atoms with Crippen molar-refractivity contribution in [2.45, 2.75) is 31.7 Å². The highest BCUT2D eigenvalue weighted by Crippen LogP contribution is 2.34. The van der Waals surface area contributed by atoms with E-state index in [1.807, 2.05) is 48.5 Å². The number of nitrogens with one attached hydrogen (secondary N) is 1. The van der Waals surface area contributed by atoms with Crippen LogP contribution in [-0.4, -0.2) is 17.5 Å². The van der Waals surface area contributed by atoms with E-state index in [2.05, 4.69) is 5.32 Å². The summed E-state index contributed by atoms with van der Waals surface area (Å²) in [5, 5.41) is 4.22. The summed E-state index contributed by atoms with van der Waals surface area (Å²) in [5.74, 6) is 0.873. The van der Waals surface area contributed by atoms with Gasteiger partial charge in [-0.05, 0) is 37.0 Å². The minimum Gasteiger partial charge on any atom is -0.493 e. The number of amides is 1. The van der Waals surface area contributed by atoms with Crippen LogP contribution in [0.25, 0.3) is 10.9 Å². The molecule has 2 aromatic carbocycles. The van der Waals surface area contributed by atoms with Crippen molar-refractivity contribution in [1.82, 2.24) is 10.3 Å². The van der Waals surface area contributed by atoms with Gasteiger partial charge in [-0.15, -0.1) is 0 Å². The molecule has 1 N–H and O–H groups in total. The van der Waals surface area contributed by atoms with Crippen LogP contribution in [0.3, 0.4) is 0 Å². The number of rotatable bonds is 2. The molecule has 0 fully saturated rings. The molecule has 26 heavy (non-hydrogen) atoms. The van der Waals surface area contributed by atoms with Crippen LogP contribution in [0.15, 0.2) is 48.5 Å². The first kappa shape index (κ1) is 15.4. The van der Waals surface area contributed by atoms with Gasteiger partial charge in [-0.3, -0.25) is 9.78 Å². The molecule has 1 atom stereocenters. The highest BCUT2D eigenvalue weighted by molar-refractivity contribution is 6.08. The van der Waals surface area contributed by atoms with Crippen molar-refractivity contribution in [1.29, 1.82) is 0 Å². The van der Waals surface area contributed by atoms with E-state index in [0.717, 1.165) is 64.7 Å². The Labute approximate surface area is 152 Å². The van der Waals surface area contributed by atoms with Gasteiger partial charge in [-0.1, -0.05) is 36.4 Å². The number of ether oxygens (including phenoxy) is 1. The molecule has 1 aromatic heterocycles. The van der Waals surface area contributed by atoms with Crippen LogP contribution < -0.4 is 10.1 Å². The number of carbonyl (C=O) groups excluding carboxylic acids is 1. The van der Waals surface area contributed by atoms with E-state index < -0.39 is 0 Å². The highest BCUT2D eigenvalue weighted by Gasteiger charge is 2.27. The summed E-state index contributed by atoms with van der Waals surface area (Å²) in [5.41, 5.74) is 4.99. The third kappa shape index (κ3) is 2.45. The number of benzene rings is 2. The van der Waals surface area contributed by atoms with Crippen molar-refractivity contribution in [2.24, 2.45) is 0 Å².